The second kappa shape index (κ2) is 6.35. The van der Waals surface area contributed by atoms with Gasteiger partial charge in [-0.05, 0) is 30.2 Å². The number of hydrogen-bond donors (Lipinski definition) is 3. The van der Waals surface area contributed by atoms with Crippen molar-refractivity contribution in [3.63, 3.8) is 0 Å². The van der Waals surface area contributed by atoms with Crippen molar-refractivity contribution < 1.29 is 4.74 Å². The Bertz CT molecular complexity index is 318. The van der Waals surface area contributed by atoms with Crippen LogP contribution in [0.5, 0.6) is 0 Å². The fraction of sp³-hybridized carbons (Fsp3) is 0.500. The van der Waals surface area contributed by atoms with E-state index in [-0.39, 0.29) is 6.10 Å². The second-order valence-corrected chi connectivity index (χ2v) is 3.75. The summed E-state index contributed by atoms with van der Waals surface area (Å²) < 4.78 is 5.32. The molecule has 0 heterocycles. The highest BCUT2D eigenvalue weighted by molar-refractivity contribution is 5.40. The minimum Gasteiger partial charge on any atom is -0.397 e. The second-order valence-electron chi connectivity index (χ2n) is 3.75. The third-order valence-electron chi connectivity index (χ3n) is 2.43. The molecule has 1 atom stereocenters. The Morgan fingerprint density at radius 3 is 2.75 bits per heavy atom. The Morgan fingerprint density at radius 2 is 2.19 bits per heavy atom. The lowest BCUT2D eigenvalue weighted by Gasteiger charge is -2.11. The topological polar surface area (TPSA) is 73.3 Å². The molecule has 1 aliphatic carbocycles. The molecule has 0 fully saturated rings. The van der Waals surface area contributed by atoms with Crippen LogP contribution in [0.2, 0.25) is 0 Å². The molecule has 0 bridgehead atoms. The van der Waals surface area contributed by atoms with Gasteiger partial charge >= 0.3 is 0 Å². The highest BCUT2D eigenvalue weighted by Gasteiger charge is 2.11. The van der Waals surface area contributed by atoms with E-state index in [0.29, 0.717) is 12.2 Å². The van der Waals surface area contributed by atoms with E-state index >= 15 is 0 Å². The van der Waals surface area contributed by atoms with E-state index in [0.717, 1.165) is 24.2 Å². The molecule has 5 N–H and O–H groups in total. The molecule has 0 saturated carbocycles. The summed E-state index contributed by atoms with van der Waals surface area (Å²) in [6, 6.07) is 0. The first-order chi connectivity index (χ1) is 7.71. The quantitative estimate of drug-likeness (QED) is 0.639. The van der Waals surface area contributed by atoms with Gasteiger partial charge < -0.3 is 21.5 Å². The van der Waals surface area contributed by atoms with Gasteiger partial charge in [0, 0.05) is 20.2 Å². The van der Waals surface area contributed by atoms with E-state index in [1.54, 1.807) is 7.11 Å². The summed E-state index contributed by atoms with van der Waals surface area (Å²) >= 11 is 0. The maximum absolute atomic E-state index is 5.98. The predicted molar refractivity (Wildman–Crippen MR) is 66.6 cm³/mol. The van der Waals surface area contributed by atoms with Crippen LogP contribution in [-0.2, 0) is 4.74 Å². The molecule has 0 saturated heterocycles. The van der Waals surface area contributed by atoms with Crippen LogP contribution >= 0.6 is 0 Å². The van der Waals surface area contributed by atoms with Crippen LogP contribution in [0, 0.1) is 0 Å². The lowest BCUT2D eigenvalue weighted by molar-refractivity contribution is 0.176. The average Bonchev–Trinajstić information content (AvgIpc) is 2.45. The standard InChI is InChI=1S/C12H21N3O/c1-3-4-15-12-7-10(16-2)5-9(8-13)6-11(12)14/h5-7,10,15H,3-4,8,13-14H2,1-2H3. The lowest BCUT2D eigenvalue weighted by Crippen LogP contribution is -2.21. The highest BCUT2D eigenvalue weighted by Crippen LogP contribution is 2.14. The number of hydrogen-bond acceptors (Lipinski definition) is 4. The molecule has 0 spiro atoms. The van der Waals surface area contributed by atoms with Gasteiger partial charge in [0.1, 0.15) is 0 Å². The van der Waals surface area contributed by atoms with Gasteiger partial charge in [-0.25, -0.2) is 0 Å². The summed E-state index contributed by atoms with van der Waals surface area (Å²) in [7, 11) is 1.67. The van der Waals surface area contributed by atoms with Crippen LogP contribution in [0.1, 0.15) is 13.3 Å². The Kier molecular flexibility index (Phi) is 5.08. The van der Waals surface area contributed by atoms with Crippen molar-refractivity contribution >= 4 is 0 Å². The van der Waals surface area contributed by atoms with Crippen LogP contribution in [-0.4, -0.2) is 26.3 Å². The fourth-order valence-electron chi connectivity index (χ4n) is 1.53. The maximum atomic E-state index is 5.98. The van der Waals surface area contributed by atoms with Crippen molar-refractivity contribution in [2.45, 2.75) is 19.4 Å². The Hall–Kier alpha value is -1.26. The number of nitrogens with two attached hydrogens (primary N) is 2. The van der Waals surface area contributed by atoms with Gasteiger partial charge in [0.2, 0.25) is 0 Å². The third kappa shape index (κ3) is 3.40. The van der Waals surface area contributed by atoms with Gasteiger partial charge in [-0.1, -0.05) is 6.92 Å². The van der Waals surface area contributed by atoms with E-state index in [9.17, 15) is 0 Å². The van der Waals surface area contributed by atoms with E-state index in [4.69, 9.17) is 16.2 Å². The molecule has 1 rings (SSSR count). The molecule has 0 aliphatic heterocycles. The molecule has 16 heavy (non-hydrogen) atoms. The molecule has 0 radical (unpaired) electrons. The molecule has 1 unspecified atom stereocenters. The normalized spacial score (nSPS) is 20.7. The van der Waals surface area contributed by atoms with E-state index in [1.807, 2.05) is 18.2 Å². The summed E-state index contributed by atoms with van der Waals surface area (Å²) in [4.78, 5) is 0. The number of rotatable bonds is 5. The van der Waals surface area contributed by atoms with E-state index < -0.39 is 0 Å². The molecular formula is C12H21N3O. The van der Waals surface area contributed by atoms with Gasteiger partial charge in [0.05, 0.1) is 17.5 Å². The largest absolute Gasteiger partial charge is 0.397 e. The average molecular weight is 223 g/mol. The molecule has 1 aliphatic rings. The molecule has 0 aromatic carbocycles. The number of nitrogens with one attached hydrogen (secondary N) is 1. The van der Waals surface area contributed by atoms with Crippen molar-refractivity contribution in [1.82, 2.24) is 5.32 Å². The summed E-state index contributed by atoms with van der Waals surface area (Å²) in [5, 5.41) is 3.28. The van der Waals surface area contributed by atoms with Crippen LogP contribution < -0.4 is 16.8 Å². The Labute approximate surface area is 97.0 Å². The zero-order valence-electron chi connectivity index (χ0n) is 9.99. The maximum Gasteiger partial charge on any atom is 0.0963 e. The van der Waals surface area contributed by atoms with Crippen molar-refractivity contribution in [1.29, 1.82) is 0 Å². The van der Waals surface area contributed by atoms with E-state index in [1.165, 1.54) is 0 Å². The first-order valence-corrected chi connectivity index (χ1v) is 5.58. The van der Waals surface area contributed by atoms with Crippen LogP contribution in [0.15, 0.2) is 35.2 Å². The van der Waals surface area contributed by atoms with Crippen LogP contribution in [0.3, 0.4) is 0 Å². The highest BCUT2D eigenvalue weighted by atomic mass is 16.5. The SMILES string of the molecule is CCCNC1=CC(OC)C=C(CN)C=C1N. The van der Waals surface area contributed by atoms with E-state index in [2.05, 4.69) is 12.2 Å². The van der Waals surface area contributed by atoms with Gasteiger partial charge in [-0.3, -0.25) is 0 Å². The van der Waals surface area contributed by atoms with Crippen molar-refractivity contribution in [2.75, 3.05) is 20.2 Å². The zero-order valence-corrected chi connectivity index (χ0v) is 9.99. The molecule has 0 amide bonds. The minimum atomic E-state index is -0.0739. The third-order valence-corrected chi connectivity index (χ3v) is 2.43. The Morgan fingerprint density at radius 1 is 1.44 bits per heavy atom. The van der Waals surface area contributed by atoms with Crippen LogP contribution in [0.25, 0.3) is 0 Å². The van der Waals surface area contributed by atoms with Gasteiger partial charge in [-0.15, -0.1) is 0 Å². The molecule has 0 aromatic rings. The predicted octanol–water partition coefficient (Wildman–Crippen LogP) is 0.626. The van der Waals surface area contributed by atoms with Crippen molar-refractivity contribution in [3.8, 4) is 0 Å². The zero-order chi connectivity index (χ0) is 12.0. The van der Waals surface area contributed by atoms with Gasteiger partial charge in [-0.2, -0.15) is 0 Å². The monoisotopic (exact) mass is 223 g/mol. The number of methoxy groups -OCH3 is 1. The molecule has 0 aromatic heterocycles. The Balaban J connectivity index is 2.87. The molecular weight excluding hydrogens is 202 g/mol. The van der Waals surface area contributed by atoms with Crippen LogP contribution in [0.4, 0.5) is 0 Å². The number of ether oxygens (including phenoxy) is 1. The van der Waals surface area contributed by atoms with Crippen molar-refractivity contribution in [2.24, 2.45) is 11.5 Å². The summed E-state index contributed by atoms with van der Waals surface area (Å²) in [5.41, 5.74) is 14.2. The molecule has 90 valence electrons. The van der Waals surface area contributed by atoms with Crippen molar-refractivity contribution in [3.05, 3.63) is 35.2 Å². The summed E-state index contributed by atoms with van der Waals surface area (Å²) in [6.45, 7) is 3.48. The van der Waals surface area contributed by atoms with Gasteiger partial charge in [0.15, 0.2) is 0 Å². The molecule has 4 heteroatoms. The summed E-state index contributed by atoms with van der Waals surface area (Å²) in [6.07, 6.45) is 6.83. The lowest BCUT2D eigenvalue weighted by atomic mass is 10.2. The molecule has 4 nitrogen and oxygen atoms in total. The smallest absolute Gasteiger partial charge is 0.0963 e. The minimum absolute atomic E-state index is 0.0739. The fourth-order valence-corrected chi connectivity index (χ4v) is 1.53. The van der Waals surface area contributed by atoms with Gasteiger partial charge in [0.25, 0.3) is 0 Å². The first kappa shape index (κ1) is 12.8. The first-order valence-electron chi connectivity index (χ1n) is 5.58. The summed E-state index contributed by atoms with van der Waals surface area (Å²) in [5.74, 6) is 0.